The fourth-order valence-corrected chi connectivity index (χ4v) is 1.53. The molecule has 1 aromatic rings. The van der Waals surface area contributed by atoms with Gasteiger partial charge in [-0.1, -0.05) is 6.07 Å². The van der Waals surface area contributed by atoms with Crippen LogP contribution in [0.5, 0.6) is 0 Å². The molecular weight excluding hydrogens is 195 g/mol. The van der Waals surface area contributed by atoms with Gasteiger partial charge in [0.25, 0.3) is 5.91 Å². The van der Waals surface area contributed by atoms with Crippen molar-refractivity contribution < 1.29 is 9.18 Å². The van der Waals surface area contributed by atoms with Crippen LogP contribution in [0.25, 0.3) is 0 Å². The number of nitrogens with zero attached hydrogens (tertiary/aromatic N) is 1. The van der Waals surface area contributed by atoms with Gasteiger partial charge in [0.1, 0.15) is 0 Å². The van der Waals surface area contributed by atoms with E-state index in [1.54, 1.807) is 18.0 Å². The summed E-state index contributed by atoms with van der Waals surface area (Å²) in [5.41, 5.74) is 5.48. The highest BCUT2D eigenvalue weighted by atomic mass is 19.1. The molecule has 1 amide bonds. The van der Waals surface area contributed by atoms with Gasteiger partial charge >= 0.3 is 0 Å². The Morgan fingerprint density at radius 2 is 2.20 bits per heavy atom. The molecule has 0 spiro atoms. The molecule has 0 heterocycles. The molecule has 2 N–H and O–H groups in total. The number of amides is 1. The number of rotatable bonds is 2. The lowest BCUT2D eigenvalue weighted by Crippen LogP contribution is -2.29. The molecule has 1 saturated carbocycles. The number of benzene rings is 1. The van der Waals surface area contributed by atoms with Crippen LogP contribution in [0, 0.1) is 5.82 Å². The first-order valence-corrected chi connectivity index (χ1v) is 4.92. The smallest absolute Gasteiger partial charge is 0.256 e. The molecule has 0 saturated heterocycles. The second kappa shape index (κ2) is 3.53. The van der Waals surface area contributed by atoms with Gasteiger partial charge in [0, 0.05) is 13.1 Å². The minimum atomic E-state index is -0.616. The third kappa shape index (κ3) is 1.79. The Hall–Kier alpha value is -1.58. The summed E-state index contributed by atoms with van der Waals surface area (Å²) in [6.45, 7) is 0. The third-order valence-corrected chi connectivity index (χ3v) is 2.67. The number of carbonyl (C=O) groups is 1. The first kappa shape index (κ1) is 9.96. The van der Waals surface area contributed by atoms with Crippen LogP contribution in [0.3, 0.4) is 0 Å². The summed E-state index contributed by atoms with van der Waals surface area (Å²) in [7, 11) is 1.70. The Labute approximate surface area is 87.7 Å². The SMILES string of the molecule is CN(C(=O)c1cccc(N)c1F)C1CC1. The van der Waals surface area contributed by atoms with Gasteiger partial charge < -0.3 is 10.6 Å². The summed E-state index contributed by atoms with van der Waals surface area (Å²) in [4.78, 5) is 13.4. The Bertz CT molecular complexity index is 402. The lowest BCUT2D eigenvalue weighted by Gasteiger charge is -2.16. The van der Waals surface area contributed by atoms with Crippen LogP contribution in [-0.4, -0.2) is 23.9 Å². The monoisotopic (exact) mass is 208 g/mol. The van der Waals surface area contributed by atoms with Crippen molar-refractivity contribution in [2.24, 2.45) is 0 Å². The molecular formula is C11H13FN2O. The van der Waals surface area contributed by atoms with Crippen LogP contribution in [-0.2, 0) is 0 Å². The lowest BCUT2D eigenvalue weighted by molar-refractivity contribution is 0.0780. The second-order valence-corrected chi connectivity index (χ2v) is 3.86. The number of hydrogen-bond acceptors (Lipinski definition) is 2. The average molecular weight is 208 g/mol. The zero-order chi connectivity index (χ0) is 11.0. The number of anilines is 1. The number of nitrogen functional groups attached to an aromatic ring is 1. The Kier molecular flexibility index (Phi) is 2.34. The van der Waals surface area contributed by atoms with Crippen LogP contribution in [0.1, 0.15) is 23.2 Å². The maximum atomic E-state index is 13.5. The largest absolute Gasteiger partial charge is 0.396 e. The minimum Gasteiger partial charge on any atom is -0.396 e. The Balaban J connectivity index is 2.28. The Morgan fingerprint density at radius 1 is 1.53 bits per heavy atom. The maximum Gasteiger partial charge on any atom is 0.256 e. The lowest BCUT2D eigenvalue weighted by atomic mass is 10.1. The third-order valence-electron chi connectivity index (χ3n) is 2.67. The van der Waals surface area contributed by atoms with Gasteiger partial charge in [-0.05, 0) is 25.0 Å². The molecule has 80 valence electrons. The topological polar surface area (TPSA) is 46.3 Å². The van der Waals surface area contributed by atoms with Crippen molar-refractivity contribution in [1.29, 1.82) is 0 Å². The van der Waals surface area contributed by atoms with Crippen molar-refractivity contribution in [3.8, 4) is 0 Å². The quantitative estimate of drug-likeness (QED) is 0.751. The molecule has 0 bridgehead atoms. The molecule has 4 heteroatoms. The maximum absolute atomic E-state index is 13.5. The normalized spacial score (nSPS) is 15.1. The summed E-state index contributed by atoms with van der Waals surface area (Å²) in [5.74, 6) is -0.905. The van der Waals surface area contributed by atoms with Crippen LogP contribution >= 0.6 is 0 Å². The van der Waals surface area contributed by atoms with Gasteiger partial charge in [-0.15, -0.1) is 0 Å². The molecule has 0 radical (unpaired) electrons. The van der Waals surface area contributed by atoms with Crippen molar-refractivity contribution in [2.75, 3.05) is 12.8 Å². The van der Waals surface area contributed by atoms with E-state index < -0.39 is 5.82 Å². The van der Waals surface area contributed by atoms with E-state index in [9.17, 15) is 9.18 Å². The van der Waals surface area contributed by atoms with E-state index in [1.807, 2.05) is 0 Å². The van der Waals surface area contributed by atoms with E-state index in [1.165, 1.54) is 12.1 Å². The fourth-order valence-electron chi connectivity index (χ4n) is 1.53. The molecule has 0 aromatic heterocycles. The average Bonchev–Trinajstić information content (AvgIpc) is 3.03. The molecule has 1 aliphatic rings. The van der Waals surface area contributed by atoms with E-state index >= 15 is 0 Å². The molecule has 15 heavy (non-hydrogen) atoms. The number of carbonyl (C=O) groups excluding carboxylic acids is 1. The first-order chi connectivity index (χ1) is 7.11. The van der Waals surface area contributed by atoms with Crippen LogP contribution in [0.2, 0.25) is 0 Å². The van der Waals surface area contributed by atoms with E-state index in [2.05, 4.69) is 0 Å². The second-order valence-electron chi connectivity index (χ2n) is 3.86. The van der Waals surface area contributed by atoms with Crippen molar-refractivity contribution >= 4 is 11.6 Å². The predicted molar refractivity (Wildman–Crippen MR) is 55.9 cm³/mol. The van der Waals surface area contributed by atoms with Crippen LogP contribution < -0.4 is 5.73 Å². The van der Waals surface area contributed by atoms with Crippen molar-refractivity contribution in [1.82, 2.24) is 4.90 Å². The van der Waals surface area contributed by atoms with Gasteiger partial charge in [0.05, 0.1) is 11.3 Å². The highest BCUT2D eigenvalue weighted by molar-refractivity contribution is 5.95. The van der Waals surface area contributed by atoms with E-state index in [0.29, 0.717) is 0 Å². The summed E-state index contributed by atoms with van der Waals surface area (Å²) in [6.07, 6.45) is 2.01. The molecule has 0 unspecified atom stereocenters. The summed E-state index contributed by atoms with van der Waals surface area (Å²) in [5, 5.41) is 0. The Morgan fingerprint density at radius 3 is 2.80 bits per heavy atom. The number of nitrogens with two attached hydrogens (primary N) is 1. The standard InChI is InChI=1S/C11H13FN2O/c1-14(7-5-6-7)11(15)8-3-2-4-9(13)10(8)12/h2-4,7H,5-6,13H2,1H3. The summed E-state index contributed by atoms with van der Waals surface area (Å²) < 4.78 is 13.5. The molecule has 0 atom stereocenters. The first-order valence-electron chi connectivity index (χ1n) is 4.92. The molecule has 0 aliphatic heterocycles. The van der Waals surface area contributed by atoms with Gasteiger partial charge in [-0.2, -0.15) is 0 Å². The number of hydrogen-bond donors (Lipinski definition) is 1. The van der Waals surface area contributed by atoms with Crippen molar-refractivity contribution in [3.63, 3.8) is 0 Å². The van der Waals surface area contributed by atoms with Crippen molar-refractivity contribution in [3.05, 3.63) is 29.6 Å². The molecule has 3 nitrogen and oxygen atoms in total. The fraction of sp³-hybridized carbons (Fsp3) is 0.364. The zero-order valence-corrected chi connectivity index (χ0v) is 8.53. The molecule has 2 rings (SSSR count). The van der Waals surface area contributed by atoms with Gasteiger partial charge in [0.2, 0.25) is 0 Å². The number of halogens is 1. The van der Waals surface area contributed by atoms with E-state index in [-0.39, 0.29) is 23.2 Å². The van der Waals surface area contributed by atoms with E-state index in [4.69, 9.17) is 5.73 Å². The minimum absolute atomic E-state index is 0.0186. The highest BCUT2D eigenvalue weighted by Gasteiger charge is 2.31. The summed E-state index contributed by atoms with van der Waals surface area (Å²) >= 11 is 0. The highest BCUT2D eigenvalue weighted by Crippen LogP contribution is 2.27. The van der Waals surface area contributed by atoms with Crippen LogP contribution in [0.4, 0.5) is 10.1 Å². The molecule has 1 fully saturated rings. The molecule has 1 aromatic carbocycles. The predicted octanol–water partition coefficient (Wildman–Crippen LogP) is 1.64. The van der Waals surface area contributed by atoms with Gasteiger partial charge in [-0.3, -0.25) is 4.79 Å². The zero-order valence-electron chi connectivity index (χ0n) is 8.53. The summed E-state index contributed by atoms with van der Waals surface area (Å²) in [6, 6.07) is 4.78. The van der Waals surface area contributed by atoms with Gasteiger partial charge in [0.15, 0.2) is 5.82 Å². The van der Waals surface area contributed by atoms with Gasteiger partial charge in [-0.25, -0.2) is 4.39 Å². The van der Waals surface area contributed by atoms with E-state index in [0.717, 1.165) is 12.8 Å². The van der Waals surface area contributed by atoms with Crippen molar-refractivity contribution in [2.45, 2.75) is 18.9 Å². The van der Waals surface area contributed by atoms with Crippen LogP contribution in [0.15, 0.2) is 18.2 Å². The molecule has 1 aliphatic carbocycles.